The summed E-state index contributed by atoms with van der Waals surface area (Å²) in [5.74, 6) is 3.64. The van der Waals surface area contributed by atoms with E-state index >= 15 is 0 Å². The molecule has 0 atom stereocenters. The van der Waals surface area contributed by atoms with Crippen LogP contribution >= 0.6 is 0 Å². The van der Waals surface area contributed by atoms with Crippen LogP contribution in [0.4, 0.5) is 0 Å². The van der Waals surface area contributed by atoms with Gasteiger partial charge in [0.05, 0.1) is 16.7 Å². The fourth-order valence-corrected chi connectivity index (χ4v) is 6.43. The Hall–Kier alpha value is -5.56. The highest BCUT2D eigenvalue weighted by Crippen LogP contribution is 2.44. The van der Waals surface area contributed by atoms with Crippen molar-refractivity contribution >= 4 is 21.8 Å². The minimum Gasteiger partial charge on any atom is -0.471 e. The predicted molar refractivity (Wildman–Crippen MR) is 212 cm³/mol. The molecule has 0 aliphatic rings. The molecule has 0 spiro atoms. The first kappa shape index (κ1) is 34.9. The third-order valence-corrected chi connectivity index (χ3v) is 8.79. The van der Waals surface area contributed by atoms with Gasteiger partial charge in [0, 0.05) is 29.1 Å². The van der Waals surface area contributed by atoms with Gasteiger partial charge in [0.1, 0.15) is 34.1 Å². The van der Waals surface area contributed by atoms with Gasteiger partial charge in [-0.2, -0.15) is 4.68 Å². The van der Waals surface area contributed by atoms with Gasteiger partial charge < -0.3 is 14.2 Å². The maximum Gasteiger partial charge on any atom is 0.245 e. The highest BCUT2D eigenvalue weighted by Gasteiger charge is 2.30. The van der Waals surface area contributed by atoms with E-state index in [1.807, 2.05) is 70.6 Å². The van der Waals surface area contributed by atoms with Gasteiger partial charge in [0.15, 0.2) is 0 Å². The van der Waals surface area contributed by atoms with Gasteiger partial charge >= 0.3 is 0 Å². The molecule has 3 aromatic heterocycles. The number of ether oxygens (including phenoxy) is 3. The highest BCUT2D eigenvalue weighted by molar-refractivity contribution is 6.09. The van der Waals surface area contributed by atoms with Crippen molar-refractivity contribution in [2.24, 2.45) is 0 Å². The van der Waals surface area contributed by atoms with Crippen LogP contribution in [0.1, 0.15) is 78.0 Å². The first-order chi connectivity index (χ1) is 24.6. The monoisotopic (exact) mass is 692 g/mol. The molecule has 0 saturated heterocycles. The molecule has 0 unspecified atom stereocenters. The van der Waals surface area contributed by atoms with E-state index in [4.69, 9.17) is 24.3 Å². The SMILES string of the molecule is Cc1ccc(-c2c(OC(C)(C)C)nn(-c3cc(Oc4ccc5c6ccccc6n(-c6cc(C)ccn6)c5c4)cc(C(C)C)c3)c2OC(C)(C)C)cc1. The third kappa shape index (κ3) is 7.13. The molecule has 7 heteroatoms. The summed E-state index contributed by atoms with van der Waals surface area (Å²) in [7, 11) is 0. The summed E-state index contributed by atoms with van der Waals surface area (Å²) in [5.41, 5.74) is 7.16. The average Bonchev–Trinajstić information content (AvgIpc) is 3.57. The maximum absolute atomic E-state index is 6.77. The average molecular weight is 693 g/mol. The molecule has 7 aromatic rings. The third-order valence-electron chi connectivity index (χ3n) is 8.79. The largest absolute Gasteiger partial charge is 0.471 e. The molecule has 0 radical (unpaired) electrons. The molecular weight excluding hydrogens is 645 g/mol. The number of nitrogens with zero attached hydrogens (tertiary/aromatic N) is 4. The lowest BCUT2D eigenvalue weighted by molar-refractivity contribution is 0.121. The number of benzene rings is 4. The van der Waals surface area contributed by atoms with Crippen LogP contribution in [0, 0.1) is 13.8 Å². The molecule has 7 rings (SSSR count). The van der Waals surface area contributed by atoms with Gasteiger partial charge in [-0.25, -0.2) is 4.98 Å². The Morgan fingerprint density at radius 1 is 0.654 bits per heavy atom. The van der Waals surface area contributed by atoms with Crippen LogP contribution in [0.5, 0.6) is 23.3 Å². The standard InChI is InChI=1S/C45H48N4O3/c1-28(2)32-24-33(49-43(52-45(8,9)10)41(31-17-15-29(3)16-18-31)42(47-49)51-44(5,6)7)26-35(25-32)50-34-19-20-37-36-13-11-12-14-38(36)48(39(37)27-34)40-23-30(4)21-22-46-40/h11-28H,1-10H3. The summed E-state index contributed by atoms with van der Waals surface area (Å²) in [6.07, 6.45) is 1.86. The highest BCUT2D eigenvalue weighted by atomic mass is 16.5. The number of hydrogen-bond acceptors (Lipinski definition) is 5. The number of rotatable bonds is 8. The summed E-state index contributed by atoms with van der Waals surface area (Å²) in [5, 5.41) is 7.42. The maximum atomic E-state index is 6.77. The number of hydrogen-bond donors (Lipinski definition) is 0. The Bertz CT molecular complexity index is 2400. The van der Waals surface area contributed by atoms with Gasteiger partial charge in [-0.3, -0.25) is 4.57 Å². The van der Waals surface area contributed by atoms with Crippen LogP contribution in [0.25, 0.3) is 44.4 Å². The fraction of sp³-hybridized carbons (Fsp3) is 0.289. The van der Waals surface area contributed by atoms with Crippen molar-refractivity contribution in [2.75, 3.05) is 0 Å². The zero-order valence-corrected chi connectivity index (χ0v) is 31.9. The molecule has 0 amide bonds. The zero-order valence-electron chi connectivity index (χ0n) is 31.9. The van der Waals surface area contributed by atoms with Crippen molar-refractivity contribution in [3.63, 3.8) is 0 Å². The minimum absolute atomic E-state index is 0.226. The molecule has 0 aliphatic carbocycles. The molecule has 266 valence electrons. The first-order valence-corrected chi connectivity index (χ1v) is 18.0. The van der Waals surface area contributed by atoms with Crippen molar-refractivity contribution < 1.29 is 14.2 Å². The Kier molecular flexibility index (Phi) is 8.85. The first-order valence-electron chi connectivity index (χ1n) is 18.0. The van der Waals surface area contributed by atoms with Crippen molar-refractivity contribution in [1.29, 1.82) is 0 Å². The lowest BCUT2D eigenvalue weighted by atomic mass is 10.0. The fourth-order valence-electron chi connectivity index (χ4n) is 6.43. The second-order valence-corrected chi connectivity index (χ2v) is 15.9. The van der Waals surface area contributed by atoms with E-state index in [0.717, 1.165) is 55.9 Å². The number of pyridine rings is 1. The van der Waals surface area contributed by atoms with Gasteiger partial charge in [-0.05, 0) is 120 Å². The van der Waals surface area contributed by atoms with E-state index in [9.17, 15) is 0 Å². The molecular formula is C45H48N4O3. The lowest BCUT2D eigenvalue weighted by Gasteiger charge is -2.24. The van der Waals surface area contributed by atoms with Crippen LogP contribution in [-0.4, -0.2) is 30.5 Å². The molecule has 0 bridgehead atoms. The molecule has 52 heavy (non-hydrogen) atoms. The van der Waals surface area contributed by atoms with Gasteiger partial charge in [0.25, 0.3) is 0 Å². The Balaban J connectivity index is 1.39. The zero-order chi connectivity index (χ0) is 36.9. The van der Waals surface area contributed by atoms with E-state index in [1.165, 1.54) is 10.9 Å². The Morgan fingerprint density at radius 2 is 1.37 bits per heavy atom. The quantitative estimate of drug-likeness (QED) is 0.159. The second kappa shape index (κ2) is 13.2. The van der Waals surface area contributed by atoms with E-state index in [0.29, 0.717) is 17.5 Å². The summed E-state index contributed by atoms with van der Waals surface area (Å²) < 4.78 is 24.2. The Morgan fingerprint density at radius 3 is 2.06 bits per heavy atom. The summed E-state index contributed by atoms with van der Waals surface area (Å²) in [4.78, 5) is 4.75. The Labute approximate surface area is 306 Å². The van der Waals surface area contributed by atoms with Gasteiger partial charge in [-0.15, -0.1) is 5.10 Å². The number of aryl methyl sites for hydroxylation is 2. The molecule has 4 aromatic carbocycles. The molecule has 0 N–H and O–H groups in total. The molecule has 3 heterocycles. The van der Waals surface area contributed by atoms with Crippen LogP contribution in [0.2, 0.25) is 0 Å². The molecule has 0 fully saturated rings. The van der Waals surface area contributed by atoms with E-state index in [2.05, 4.69) is 111 Å². The summed E-state index contributed by atoms with van der Waals surface area (Å²) in [6, 6.07) is 33.6. The summed E-state index contributed by atoms with van der Waals surface area (Å²) in [6.45, 7) is 20.8. The van der Waals surface area contributed by atoms with Crippen LogP contribution in [0.3, 0.4) is 0 Å². The van der Waals surface area contributed by atoms with Crippen LogP contribution < -0.4 is 14.2 Å². The lowest BCUT2D eigenvalue weighted by Crippen LogP contribution is -2.25. The molecule has 0 aliphatic heterocycles. The van der Waals surface area contributed by atoms with Crippen molar-refractivity contribution in [3.05, 3.63) is 120 Å². The van der Waals surface area contributed by atoms with Crippen molar-refractivity contribution in [1.82, 2.24) is 19.3 Å². The normalized spacial score (nSPS) is 12.2. The van der Waals surface area contributed by atoms with E-state index in [-0.39, 0.29) is 5.92 Å². The van der Waals surface area contributed by atoms with Crippen molar-refractivity contribution in [3.8, 4) is 45.9 Å². The van der Waals surface area contributed by atoms with Crippen molar-refractivity contribution in [2.45, 2.75) is 86.4 Å². The van der Waals surface area contributed by atoms with Gasteiger partial charge in [-0.1, -0.05) is 61.9 Å². The number of aromatic nitrogens is 4. The summed E-state index contributed by atoms with van der Waals surface area (Å²) >= 11 is 0. The van der Waals surface area contributed by atoms with Crippen LogP contribution in [0.15, 0.2) is 103 Å². The minimum atomic E-state index is -0.509. The number of fused-ring (bicyclic) bond motifs is 3. The van der Waals surface area contributed by atoms with E-state index in [1.54, 1.807) is 0 Å². The van der Waals surface area contributed by atoms with E-state index < -0.39 is 11.2 Å². The van der Waals surface area contributed by atoms with Crippen LogP contribution in [-0.2, 0) is 0 Å². The number of para-hydroxylation sites is 1. The molecule has 7 nitrogen and oxygen atoms in total. The van der Waals surface area contributed by atoms with Gasteiger partial charge in [0.2, 0.25) is 11.8 Å². The molecule has 0 saturated carbocycles. The second-order valence-electron chi connectivity index (χ2n) is 15.9. The topological polar surface area (TPSA) is 63.3 Å². The predicted octanol–water partition coefficient (Wildman–Crippen LogP) is 11.9. The smallest absolute Gasteiger partial charge is 0.245 e.